The van der Waals surface area contributed by atoms with Gasteiger partial charge in [0.1, 0.15) is 5.82 Å². The third kappa shape index (κ3) is 4.22. The van der Waals surface area contributed by atoms with E-state index in [1.54, 1.807) is 6.07 Å². The second kappa shape index (κ2) is 5.78. The third-order valence-corrected chi connectivity index (χ3v) is 3.37. The first-order valence-corrected chi connectivity index (χ1v) is 6.69. The molecule has 1 nitrogen and oxygen atoms in total. The average molecular weight is 286 g/mol. The number of benzene rings is 1. The van der Waals surface area contributed by atoms with Crippen molar-refractivity contribution in [2.24, 2.45) is 5.92 Å². The molecule has 1 aliphatic rings. The summed E-state index contributed by atoms with van der Waals surface area (Å²) < 4.78 is 13.9. The molecular formula is C13H17BrFN. The van der Waals surface area contributed by atoms with E-state index in [9.17, 15) is 4.39 Å². The van der Waals surface area contributed by atoms with Gasteiger partial charge in [0.05, 0.1) is 0 Å². The number of hydrogen-bond acceptors (Lipinski definition) is 1. The topological polar surface area (TPSA) is 12.0 Å². The van der Waals surface area contributed by atoms with Gasteiger partial charge < -0.3 is 5.32 Å². The maximum absolute atomic E-state index is 13.1. The molecule has 0 amide bonds. The summed E-state index contributed by atoms with van der Waals surface area (Å²) in [5.41, 5.74) is 0.998. The van der Waals surface area contributed by atoms with Crippen LogP contribution in [-0.2, 0) is 6.54 Å². The molecule has 3 heteroatoms. The maximum atomic E-state index is 13.1. The van der Waals surface area contributed by atoms with Crippen LogP contribution in [-0.4, -0.2) is 6.54 Å². The molecule has 16 heavy (non-hydrogen) atoms. The molecule has 1 aromatic rings. The molecule has 88 valence electrons. The Kier molecular flexibility index (Phi) is 4.36. The monoisotopic (exact) mass is 285 g/mol. The zero-order valence-electron chi connectivity index (χ0n) is 9.31. The number of hydrogen-bond donors (Lipinski definition) is 1. The summed E-state index contributed by atoms with van der Waals surface area (Å²) in [7, 11) is 0. The molecule has 1 aliphatic carbocycles. The lowest BCUT2D eigenvalue weighted by Crippen LogP contribution is -2.14. The molecule has 0 unspecified atom stereocenters. The molecule has 2 rings (SSSR count). The van der Waals surface area contributed by atoms with Crippen LogP contribution in [0.2, 0.25) is 0 Å². The van der Waals surface area contributed by atoms with E-state index in [1.165, 1.54) is 31.7 Å². The summed E-state index contributed by atoms with van der Waals surface area (Å²) in [6, 6.07) is 5.02. The Morgan fingerprint density at radius 1 is 1.31 bits per heavy atom. The first-order chi connectivity index (χ1) is 7.74. The molecule has 0 spiro atoms. The molecule has 1 N–H and O–H groups in total. The summed E-state index contributed by atoms with van der Waals surface area (Å²) in [5.74, 6) is 0.828. The molecule has 1 saturated carbocycles. The van der Waals surface area contributed by atoms with Gasteiger partial charge in [0.15, 0.2) is 0 Å². The largest absolute Gasteiger partial charge is 0.313 e. The molecular weight excluding hydrogens is 269 g/mol. The van der Waals surface area contributed by atoms with Gasteiger partial charge in [-0.3, -0.25) is 0 Å². The van der Waals surface area contributed by atoms with E-state index in [2.05, 4.69) is 21.2 Å². The quantitative estimate of drug-likeness (QED) is 0.783. The zero-order chi connectivity index (χ0) is 11.4. The van der Waals surface area contributed by atoms with Gasteiger partial charge in [0, 0.05) is 11.0 Å². The minimum absolute atomic E-state index is 0.177. The fraction of sp³-hybridized carbons (Fsp3) is 0.538. The standard InChI is InChI=1S/C13H17BrFN/c14-12-6-11(7-13(15)8-12)9-16-5-1-2-10-3-4-10/h6-8,10,16H,1-5,9H2. The van der Waals surface area contributed by atoms with E-state index < -0.39 is 0 Å². The molecule has 1 fully saturated rings. The Labute approximate surface area is 105 Å². The van der Waals surface area contributed by atoms with Crippen LogP contribution in [0.3, 0.4) is 0 Å². The highest BCUT2D eigenvalue weighted by atomic mass is 79.9. The Hall–Kier alpha value is -0.410. The van der Waals surface area contributed by atoms with Gasteiger partial charge in [-0.2, -0.15) is 0 Å². The summed E-state index contributed by atoms with van der Waals surface area (Å²) in [4.78, 5) is 0. The Balaban J connectivity index is 1.67. The minimum atomic E-state index is -0.177. The van der Waals surface area contributed by atoms with Crippen LogP contribution < -0.4 is 5.32 Å². The maximum Gasteiger partial charge on any atom is 0.124 e. The second-order valence-electron chi connectivity index (χ2n) is 4.54. The molecule has 1 aromatic carbocycles. The van der Waals surface area contributed by atoms with E-state index in [-0.39, 0.29) is 5.82 Å². The lowest BCUT2D eigenvalue weighted by Gasteiger charge is -2.05. The molecule has 0 aromatic heterocycles. The predicted molar refractivity (Wildman–Crippen MR) is 67.8 cm³/mol. The van der Waals surface area contributed by atoms with E-state index >= 15 is 0 Å². The highest BCUT2D eigenvalue weighted by Gasteiger charge is 2.19. The molecule has 0 aliphatic heterocycles. The Morgan fingerprint density at radius 2 is 2.12 bits per heavy atom. The molecule has 0 atom stereocenters. The third-order valence-electron chi connectivity index (χ3n) is 2.91. The van der Waals surface area contributed by atoms with Crippen molar-refractivity contribution in [2.45, 2.75) is 32.2 Å². The number of nitrogens with one attached hydrogen (secondary N) is 1. The van der Waals surface area contributed by atoms with E-state index in [1.807, 2.05) is 6.07 Å². The van der Waals surface area contributed by atoms with Crippen molar-refractivity contribution in [3.8, 4) is 0 Å². The fourth-order valence-corrected chi connectivity index (χ4v) is 2.38. The Bertz CT molecular complexity index is 330. The Morgan fingerprint density at radius 3 is 2.81 bits per heavy atom. The van der Waals surface area contributed by atoms with Crippen molar-refractivity contribution in [3.63, 3.8) is 0 Å². The van der Waals surface area contributed by atoms with Gasteiger partial charge in [0.25, 0.3) is 0 Å². The molecule has 0 bridgehead atoms. The summed E-state index contributed by atoms with van der Waals surface area (Å²) in [5, 5.41) is 3.35. The van der Waals surface area contributed by atoms with Crippen molar-refractivity contribution in [1.29, 1.82) is 0 Å². The highest BCUT2D eigenvalue weighted by Crippen LogP contribution is 2.33. The zero-order valence-corrected chi connectivity index (χ0v) is 10.9. The fourth-order valence-electron chi connectivity index (χ4n) is 1.87. The van der Waals surface area contributed by atoms with E-state index in [4.69, 9.17) is 0 Å². The van der Waals surface area contributed by atoms with E-state index in [0.717, 1.165) is 29.0 Å². The van der Waals surface area contributed by atoms with Crippen LogP contribution in [0.4, 0.5) is 4.39 Å². The average Bonchev–Trinajstić information content (AvgIpc) is 2.99. The first-order valence-electron chi connectivity index (χ1n) is 5.90. The van der Waals surface area contributed by atoms with Crippen LogP contribution in [0, 0.1) is 11.7 Å². The van der Waals surface area contributed by atoms with Crippen molar-refractivity contribution < 1.29 is 4.39 Å². The summed E-state index contributed by atoms with van der Waals surface area (Å²) in [6.45, 7) is 1.78. The van der Waals surface area contributed by atoms with Crippen LogP contribution in [0.15, 0.2) is 22.7 Å². The van der Waals surface area contributed by atoms with Gasteiger partial charge in [-0.05, 0) is 49.1 Å². The predicted octanol–water partition coefficient (Wildman–Crippen LogP) is 3.87. The summed E-state index contributed by atoms with van der Waals surface area (Å²) >= 11 is 3.30. The van der Waals surface area contributed by atoms with Crippen molar-refractivity contribution >= 4 is 15.9 Å². The van der Waals surface area contributed by atoms with Crippen LogP contribution in [0.5, 0.6) is 0 Å². The van der Waals surface area contributed by atoms with Crippen LogP contribution >= 0.6 is 15.9 Å². The normalized spacial score (nSPS) is 15.4. The van der Waals surface area contributed by atoms with Gasteiger partial charge in [-0.15, -0.1) is 0 Å². The molecule has 0 radical (unpaired) electrons. The van der Waals surface area contributed by atoms with Crippen molar-refractivity contribution in [2.75, 3.05) is 6.54 Å². The highest BCUT2D eigenvalue weighted by molar-refractivity contribution is 9.10. The van der Waals surface area contributed by atoms with E-state index in [0.29, 0.717) is 0 Å². The second-order valence-corrected chi connectivity index (χ2v) is 5.46. The SMILES string of the molecule is Fc1cc(Br)cc(CNCCCC2CC2)c1. The lowest BCUT2D eigenvalue weighted by molar-refractivity contribution is 0.588. The van der Waals surface area contributed by atoms with Crippen molar-refractivity contribution in [1.82, 2.24) is 5.32 Å². The van der Waals surface area contributed by atoms with Crippen LogP contribution in [0.25, 0.3) is 0 Å². The minimum Gasteiger partial charge on any atom is -0.313 e. The van der Waals surface area contributed by atoms with Crippen molar-refractivity contribution in [3.05, 3.63) is 34.1 Å². The molecule has 0 heterocycles. The number of halogens is 2. The molecule has 0 saturated heterocycles. The smallest absolute Gasteiger partial charge is 0.124 e. The summed E-state index contributed by atoms with van der Waals surface area (Å²) in [6.07, 6.45) is 5.44. The van der Waals surface area contributed by atoms with Gasteiger partial charge in [0.2, 0.25) is 0 Å². The lowest BCUT2D eigenvalue weighted by atomic mass is 10.2. The first kappa shape index (κ1) is 12.1. The van der Waals surface area contributed by atoms with Crippen LogP contribution in [0.1, 0.15) is 31.2 Å². The number of rotatable bonds is 6. The van der Waals surface area contributed by atoms with Gasteiger partial charge in [-0.1, -0.05) is 28.8 Å². The van der Waals surface area contributed by atoms with Gasteiger partial charge >= 0.3 is 0 Å². The van der Waals surface area contributed by atoms with Gasteiger partial charge in [-0.25, -0.2) is 4.39 Å².